The van der Waals surface area contributed by atoms with E-state index >= 15 is 0 Å². The second-order valence-electron chi connectivity index (χ2n) is 2.89. The number of carboxylic acid groups (broad SMARTS) is 2. The van der Waals surface area contributed by atoms with Crippen molar-refractivity contribution < 1.29 is 30.0 Å². The average Bonchev–Trinajstić information content (AvgIpc) is 1.79. The van der Waals surface area contributed by atoms with Crippen LogP contribution < -0.4 is 0 Å². The molecule has 0 saturated carbocycles. The van der Waals surface area contributed by atoms with Crippen LogP contribution in [0.25, 0.3) is 0 Å². The number of carbonyl (C=O) groups is 2. The summed E-state index contributed by atoms with van der Waals surface area (Å²) < 4.78 is 0. The monoisotopic (exact) mass is 208 g/mol. The van der Waals surface area contributed by atoms with Gasteiger partial charge in [-0.1, -0.05) is 0 Å². The Kier molecular flexibility index (Phi) is 9.27. The van der Waals surface area contributed by atoms with Gasteiger partial charge in [-0.2, -0.15) is 0 Å². The Balaban J connectivity index is 0. The summed E-state index contributed by atoms with van der Waals surface area (Å²) in [6.07, 6.45) is -1.78. The lowest BCUT2D eigenvalue weighted by molar-refractivity contribution is -0.140. The molecule has 0 aromatic carbocycles. The highest BCUT2D eigenvalue weighted by atomic mass is 16.4. The Morgan fingerprint density at radius 1 is 0.929 bits per heavy atom. The molecule has 6 nitrogen and oxygen atoms in total. The largest absolute Gasteiger partial charge is 0.481 e. The van der Waals surface area contributed by atoms with E-state index in [9.17, 15) is 9.59 Å². The van der Waals surface area contributed by atoms with Crippen LogP contribution in [-0.2, 0) is 9.59 Å². The molecule has 0 bridgehead atoms. The minimum atomic E-state index is -0.963. The first kappa shape index (κ1) is 15.3. The number of rotatable bonds is 4. The van der Waals surface area contributed by atoms with Gasteiger partial charge in [-0.05, 0) is 13.8 Å². The number of hydrogen-bond acceptors (Lipinski definition) is 4. The van der Waals surface area contributed by atoms with E-state index in [1.807, 2.05) is 0 Å². The molecule has 0 spiro atoms. The molecule has 6 heteroatoms. The van der Waals surface area contributed by atoms with E-state index < -0.39 is 24.1 Å². The number of aliphatic hydroxyl groups is 2. The van der Waals surface area contributed by atoms with Gasteiger partial charge in [0, 0.05) is 0 Å². The molecule has 0 aliphatic heterocycles. The van der Waals surface area contributed by atoms with Crippen LogP contribution in [0.1, 0.15) is 26.7 Å². The summed E-state index contributed by atoms with van der Waals surface area (Å²) in [6.45, 7) is 2.88. The summed E-state index contributed by atoms with van der Waals surface area (Å²) in [7, 11) is 0. The Hall–Kier alpha value is -1.14. The van der Waals surface area contributed by atoms with Crippen molar-refractivity contribution in [3.8, 4) is 0 Å². The summed E-state index contributed by atoms with van der Waals surface area (Å²) >= 11 is 0. The molecule has 0 aliphatic carbocycles. The van der Waals surface area contributed by atoms with Crippen LogP contribution in [0.4, 0.5) is 0 Å². The molecule has 0 amide bonds. The van der Waals surface area contributed by atoms with Gasteiger partial charge in [0.15, 0.2) is 0 Å². The van der Waals surface area contributed by atoms with Crippen LogP contribution in [0.3, 0.4) is 0 Å². The van der Waals surface area contributed by atoms with Crippen molar-refractivity contribution >= 4 is 11.9 Å². The zero-order chi connectivity index (χ0) is 11.7. The second-order valence-corrected chi connectivity index (χ2v) is 2.89. The number of carboxylic acids is 2. The normalized spacial score (nSPS) is 13.4. The molecule has 0 unspecified atom stereocenters. The number of hydrogen-bond donors (Lipinski definition) is 4. The topological polar surface area (TPSA) is 115 Å². The number of aliphatic hydroxyl groups excluding tert-OH is 2. The molecule has 14 heavy (non-hydrogen) atoms. The van der Waals surface area contributed by atoms with E-state index in [0.717, 1.165) is 0 Å². The molecule has 0 aliphatic rings. The van der Waals surface area contributed by atoms with Crippen molar-refractivity contribution in [2.45, 2.75) is 38.9 Å². The lowest BCUT2D eigenvalue weighted by Gasteiger charge is -1.94. The Morgan fingerprint density at radius 3 is 1.14 bits per heavy atom. The van der Waals surface area contributed by atoms with E-state index in [1.165, 1.54) is 13.8 Å². The van der Waals surface area contributed by atoms with E-state index in [2.05, 4.69) is 0 Å². The first-order valence-electron chi connectivity index (χ1n) is 4.05. The number of aliphatic carboxylic acids is 2. The van der Waals surface area contributed by atoms with Crippen LogP contribution in [-0.4, -0.2) is 44.6 Å². The standard InChI is InChI=1S/2C4H8O3/c2*1-3(5)2-4(6)7/h2*3,5H,2H2,1H3,(H,6,7)/t2*3-/m11/s1. The first-order valence-corrected chi connectivity index (χ1v) is 4.05. The van der Waals surface area contributed by atoms with Gasteiger partial charge in [0.1, 0.15) is 0 Å². The third-order valence-corrected chi connectivity index (χ3v) is 0.940. The fraction of sp³-hybridized carbons (Fsp3) is 0.750. The summed E-state index contributed by atoms with van der Waals surface area (Å²) in [5.74, 6) is -1.93. The minimum absolute atomic E-state index is 0.167. The van der Waals surface area contributed by atoms with Crippen molar-refractivity contribution in [3.05, 3.63) is 0 Å². The molecule has 2 atom stereocenters. The summed E-state index contributed by atoms with van der Waals surface area (Å²) in [5, 5.41) is 32.5. The second kappa shape index (κ2) is 8.46. The molecule has 0 aromatic heterocycles. The average molecular weight is 208 g/mol. The maximum atomic E-state index is 9.65. The molecular formula is C8H16O6. The smallest absolute Gasteiger partial charge is 0.305 e. The van der Waals surface area contributed by atoms with Crippen molar-refractivity contribution in [2.24, 2.45) is 0 Å². The maximum Gasteiger partial charge on any atom is 0.305 e. The summed E-state index contributed by atoms with van der Waals surface area (Å²) in [6, 6.07) is 0. The lowest BCUT2D eigenvalue weighted by Crippen LogP contribution is -2.07. The van der Waals surface area contributed by atoms with Gasteiger partial charge in [-0.3, -0.25) is 9.59 Å². The van der Waals surface area contributed by atoms with E-state index in [0.29, 0.717) is 0 Å². The predicted octanol–water partition coefficient (Wildman–Crippen LogP) is -0.316. The van der Waals surface area contributed by atoms with Gasteiger partial charge >= 0.3 is 11.9 Å². The third-order valence-electron chi connectivity index (χ3n) is 0.940. The SMILES string of the molecule is C[C@@H](O)CC(=O)O.C[C@@H](O)CC(=O)O. The zero-order valence-corrected chi connectivity index (χ0v) is 8.17. The molecule has 0 saturated heterocycles. The quantitative estimate of drug-likeness (QED) is 0.503. The molecular weight excluding hydrogens is 192 g/mol. The van der Waals surface area contributed by atoms with Crippen molar-refractivity contribution in [1.29, 1.82) is 0 Å². The van der Waals surface area contributed by atoms with Crippen molar-refractivity contribution in [3.63, 3.8) is 0 Å². The molecule has 84 valence electrons. The van der Waals surface area contributed by atoms with Crippen LogP contribution >= 0.6 is 0 Å². The molecule has 0 heterocycles. The first-order chi connectivity index (χ1) is 6.25. The predicted molar refractivity (Wildman–Crippen MR) is 47.9 cm³/mol. The molecule has 0 fully saturated rings. The van der Waals surface area contributed by atoms with Gasteiger partial charge in [0.25, 0.3) is 0 Å². The van der Waals surface area contributed by atoms with Crippen LogP contribution in [0.15, 0.2) is 0 Å². The highest BCUT2D eigenvalue weighted by molar-refractivity contribution is 5.67. The van der Waals surface area contributed by atoms with Gasteiger partial charge < -0.3 is 20.4 Å². The van der Waals surface area contributed by atoms with Crippen LogP contribution in [0.5, 0.6) is 0 Å². The fourth-order valence-electron chi connectivity index (χ4n) is 0.505. The van der Waals surface area contributed by atoms with Gasteiger partial charge in [0.05, 0.1) is 25.0 Å². The highest BCUT2D eigenvalue weighted by Gasteiger charge is 2.00. The summed E-state index contributed by atoms with van der Waals surface area (Å²) in [4.78, 5) is 19.3. The minimum Gasteiger partial charge on any atom is -0.481 e. The third kappa shape index (κ3) is 22.4. The van der Waals surface area contributed by atoms with Gasteiger partial charge in [0.2, 0.25) is 0 Å². The molecule has 4 N–H and O–H groups in total. The highest BCUT2D eigenvalue weighted by Crippen LogP contribution is 1.86. The fourth-order valence-corrected chi connectivity index (χ4v) is 0.505. The van der Waals surface area contributed by atoms with E-state index in [1.54, 1.807) is 0 Å². The van der Waals surface area contributed by atoms with Crippen LogP contribution in [0, 0.1) is 0 Å². The lowest BCUT2D eigenvalue weighted by atomic mass is 10.3. The Morgan fingerprint density at radius 2 is 1.14 bits per heavy atom. The molecule has 0 radical (unpaired) electrons. The Labute approximate surface area is 81.8 Å². The van der Waals surface area contributed by atoms with Gasteiger partial charge in [-0.15, -0.1) is 0 Å². The zero-order valence-electron chi connectivity index (χ0n) is 8.17. The maximum absolute atomic E-state index is 9.65. The van der Waals surface area contributed by atoms with E-state index in [4.69, 9.17) is 20.4 Å². The van der Waals surface area contributed by atoms with E-state index in [-0.39, 0.29) is 12.8 Å². The van der Waals surface area contributed by atoms with Gasteiger partial charge in [-0.25, -0.2) is 0 Å². The molecule has 0 aromatic rings. The molecule has 0 rings (SSSR count). The van der Waals surface area contributed by atoms with Crippen molar-refractivity contribution in [2.75, 3.05) is 0 Å². The summed E-state index contributed by atoms with van der Waals surface area (Å²) in [5.41, 5.74) is 0. The van der Waals surface area contributed by atoms with Crippen LogP contribution in [0.2, 0.25) is 0 Å². The van der Waals surface area contributed by atoms with Crippen molar-refractivity contribution in [1.82, 2.24) is 0 Å². The Bertz CT molecular complexity index is 155.